The number of rotatable bonds is 4. The summed E-state index contributed by atoms with van der Waals surface area (Å²) in [6.45, 7) is 3.83. The molecule has 0 bridgehead atoms. The molecule has 2 heterocycles. The molecule has 8 heteroatoms. The van der Waals surface area contributed by atoms with Crippen molar-refractivity contribution in [1.29, 1.82) is 0 Å². The minimum Gasteiger partial charge on any atom is -0.494 e. The molecule has 2 atom stereocenters. The predicted molar refractivity (Wildman–Crippen MR) is 97.7 cm³/mol. The van der Waals surface area contributed by atoms with Crippen molar-refractivity contribution in [3.63, 3.8) is 0 Å². The molecule has 2 amide bonds. The van der Waals surface area contributed by atoms with Gasteiger partial charge < -0.3 is 25.0 Å². The van der Waals surface area contributed by atoms with Crippen molar-refractivity contribution in [1.82, 2.24) is 5.32 Å². The Morgan fingerprint density at radius 2 is 2.24 bits per heavy atom. The van der Waals surface area contributed by atoms with Gasteiger partial charge in [-0.3, -0.25) is 9.59 Å². The third-order valence-corrected chi connectivity index (χ3v) is 4.41. The van der Waals surface area contributed by atoms with Crippen LogP contribution >= 0.6 is 12.4 Å². The number of anilines is 2. The first-order chi connectivity index (χ1) is 11.6. The fourth-order valence-corrected chi connectivity index (χ4v) is 3.13. The summed E-state index contributed by atoms with van der Waals surface area (Å²) in [6, 6.07) is 4.96. The normalized spacial score (nSPS) is 23.1. The van der Waals surface area contributed by atoms with Crippen molar-refractivity contribution in [3.05, 3.63) is 18.2 Å². The van der Waals surface area contributed by atoms with Gasteiger partial charge in [-0.2, -0.15) is 0 Å². The minimum absolute atomic E-state index is 0. The van der Waals surface area contributed by atoms with E-state index in [-0.39, 0.29) is 36.4 Å². The highest BCUT2D eigenvalue weighted by molar-refractivity contribution is 5.98. The average molecular weight is 370 g/mol. The number of amides is 2. The van der Waals surface area contributed by atoms with Crippen LogP contribution in [0.5, 0.6) is 5.75 Å². The molecule has 0 spiro atoms. The van der Waals surface area contributed by atoms with Gasteiger partial charge in [0.15, 0.2) is 0 Å². The molecule has 7 nitrogen and oxygen atoms in total. The molecular weight excluding hydrogens is 346 g/mol. The van der Waals surface area contributed by atoms with Crippen LogP contribution in [-0.2, 0) is 14.3 Å². The summed E-state index contributed by atoms with van der Waals surface area (Å²) in [6.07, 6.45) is 1.24. The number of nitrogens with one attached hydrogen (secondary N) is 2. The molecule has 0 saturated carbocycles. The summed E-state index contributed by atoms with van der Waals surface area (Å²) in [5.74, 6) is 0.528. The molecule has 1 aromatic carbocycles. The quantitative estimate of drug-likeness (QED) is 0.842. The van der Waals surface area contributed by atoms with Crippen molar-refractivity contribution in [3.8, 4) is 5.75 Å². The second-order valence-electron chi connectivity index (χ2n) is 6.03. The van der Waals surface area contributed by atoms with E-state index in [4.69, 9.17) is 9.47 Å². The lowest BCUT2D eigenvalue weighted by Crippen LogP contribution is -2.53. The van der Waals surface area contributed by atoms with Crippen molar-refractivity contribution in [2.45, 2.75) is 31.9 Å². The van der Waals surface area contributed by atoms with E-state index in [2.05, 4.69) is 10.6 Å². The molecule has 2 aliphatic heterocycles. The van der Waals surface area contributed by atoms with Crippen LogP contribution in [0.4, 0.5) is 11.4 Å². The number of morpholine rings is 1. The van der Waals surface area contributed by atoms with Gasteiger partial charge in [0.2, 0.25) is 11.8 Å². The fourth-order valence-electron chi connectivity index (χ4n) is 3.13. The van der Waals surface area contributed by atoms with E-state index in [0.717, 1.165) is 12.1 Å². The van der Waals surface area contributed by atoms with Gasteiger partial charge in [0.05, 0.1) is 25.5 Å². The fraction of sp³-hybridized carbons (Fsp3) is 0.529. The summed E-state index contributed by atoms with van der Waals surface area (Å²) in [5, 5.41) is 6.04. The van der Waals surface area contributed by atoms with E-state index in [0.29, 0.717) is 37.6 Å². The van der Waals surface area contributed by atoms with Crippen LogP contribution in [-0.4, -0.2) is 50.8 Å². The molecule has 2 N–H and O–H groups in total. The standard InChI is InChI=1S/C17H23N3O4.ClH/c1-11-16(18-7-9-24-11)17(22)19-12-5-6-13(14(10-12)23-2)20-8-3-4-15(20)21;/h5-6,10-11,16,18H,3-4,7-9H2,1-2H3,(H,19,22);1H/t11-,16+;/m1./s1. The average Bonchev–Trinajstić information content (AvgIpc) is 3.01. The van der Waals surface area contributed by atoms with Crippen molar-refractivity contribution in [2.24, 2.45) is 0 Å². The number of hydrogen-bond acceptors (Lipinski definition) is 5. The third kappa shape index (κ3) is 4.23. The zero-order valence-corrected chi connectivity index (χ0v) is 15.2. The molecular formula is C17H24ClN3O4. The van der Waals surface area contributed by atoms with Crippen LogP contribution in [0, 0.1) is 0 Å². The van der Waals surface area contributed by atoms with Crippen molar-refractivity contribution < 1.29 is 19.1 Å². The molecule has 0 aromatic heterocycles. The summed E-state index contributed by atoms with van der Waals surface area (Å²) in [4.78, 5) is 26.1. The molecule has 2 fully saturated rings. The van der Waals surface area contributed by atoms with Crippen LogP contribution in [0.15, 0.2) is 18.2 Å². The van der Waals surface area contributed by atoms with Crippen molar-refractivity contribution in [2.75, 3.05) is 37.0 Å². The number of methoxy groups -OCH3 is 1. The zero-order valence-electron chi connectivity index (χ0n) is 14.4. The Balaban J connectivity index is 0.00000225. The second kappa shape index (κ2) is 8.51. The van der Waals surface area contributed by atoms with Gasteiger partial charge in [-0.15, -0.1) is 12.4 Å². The number of nitrogens with zero attached hydrogens (tertiary/aromatic N) is 1. The Bertz CT molecular complexity index is 640. The molecule has 3 rings (SSSR count). The van der Waals surface area contributed by atoms with Gasteiger partial charge >= 0.3 is 0 Å². The van der Waals surface area contributed by atoms with E-state index in [1.54, 1.807) is 24.1 Å². The smallest absolute Gasteiger partial charge is 0.244 e. The maximum absolute atomic E-state index is 12.4. The van der Waals surface area contributed by atoms with Crippen LogP contribution in [0.1, 0.15) is 19.8 Å². The molecule has 0 radical (unpaired) electrons. The molecule has 2 saturated heterocycles. The lowest BCUT2D eigenvalue weighted by molar-refractivity contribution is -0.123. The highest BCUT2D eigenvalue weighted by atomic mass is 35.5. The Kier molecular flexibility index (Phi) is 6.64. The van der Waals surface area contributed by atoms with Gasteiger partial charge in [0.1, 0.15) is 11.8 Å². The van der Waals surface area contributed by atoms with Crippen LogP contribution in [0.3, 0.4) is 0 Å². The van der Waals surface area contributed by atoms with Crippen LogP contribution in [0.2, 0.25) is 0 Å². The van der Waals surface area contributed by atoms with E-state index in [1.165, 1.54) is 0 Å². The van der Waals surface area contributed by atoms with Gasteiger partial charge in [-0.25, -0.2) is 0 Å². The minimum atomic E-state index is -0.385. The number of hydrogen-bond donors (Lipinski definition) is 2. The first kappa shape index (κ1) is 19.5. The maximum atomic E-state index is 12.4. The Morgan fingerprint density at radius 3 is 2.88 bits per heavy atom. The van der Waals surface area contributed by atoms with E-state index in [1.807, 2.05) is 13.0 Å². The Labute approximate surface area is 153 Å². The van der Waals surface area contributed by atoms with Gasteiger partial charge in [0, 0.05) is 31.3 Å². The Morgan fingerprint density at radius 1 is 1.44 bits per heavy atom. The molecule has 2 aliphatic rings. The molecule has 0 aliphatic carbocycles. The molecule has 0 unspecified atom stereocenters. The first-order valence-corrected chi connectivity index (χ1v) is 8.24. The molecule has 138 valence electrons. The lowest BCUT2D eigenvalue weighted by atomic mass is 10.1. The second-order valence-corrected chi connectivity index (χ2v) is 6.03. The number of carbonyl (C=O) groups is 2. The zero-order chi connectivity index (χ0) is 17.1. The van der Waals surface area contributed by atoms with Gasteiger partial charge in [0.25, 0.3) is 0 Å². The maximum Gasteiger partial charge on any atom is 0.244 e. The van der Waals surface area contributed by atoms with E-state index >= 15 is 0 Å². The van der Waals surface area contributed by atoms with Crippen LogP contribution < -0.4 is 20.3 Å². The Hall–Kier alpha value is -1.83. The topological polar surface area (TPSA) is 79.9 Å². The van der Waals surface area contributed by atoms with Gasteiger partial charge in [-0.05, 0) is 25.5 Å². The number of carbonyl (C=O) groups excluding carboxylic acids is 2. The number of halogens is 1. The monoisotopic (exact) mass is 369 g/mol. The highest BCUT2D eigenvalue weighted by Crippen LogP contribution is 2.33. The van der Waals surface area contributed by atoms with E-state index in [9.17, 15) is 9.59 Å². The van der Waals surface area contributed by atoms with Crippen molar-refractivity contribution >= 4 is 35.6 Å². The third-order valence-electron chi connectivity index (χ3n) is 4.41. The molecule has 1 aromatic rings. The largest absolute Gasteiger partial charge is 0.494 e. The molecule has 25 heavy (non-hydrogen) atoms. The van der Waals surface area contributed by atoms with E-state index < -0.39 is 0 Å². The van der Waals surface area contributed by atoms with Gasteiger partial charge in [-0.1, -0.05) is 0 Å². The lowest BCUT2D eigenvalue weighted by Gasteiger charge is -2.29. The SMILES string of the molecule is COc1cc(NC(=O)[C@H]2NCCO[C@@H]2C)ccc1N1CCCC1=O.Cl. The summed E-state index contributed by atoms with van der Waals surface area (Å²) in [7, 11) is 1.56. The summed E-state index contributed by atoms with van der Waals surface area (Å²) in [5.41, 5.74) is 1.37. The predicted octanol–water partition coefficient (Wildman–Crippen LogP) is 1.56. The van der Waals surface area contributed by atoms with Crippen LogP contribution in [0.25, 0.3) is 0 Å². The summed E-state index contributed by atoms with van der Waals surface area (Å²) < 4.78 is 10.9. The summed E-state index contributed by atoms with van der Waals surface area (Å²) >= 11 is 0. The number of ether oxygens (including phenoxy) is 2. The highest BCUT2D eigenvalue weighted by Gasteiger charge is 2.29. The first-order valence-electron chi connectivity index (χ1n) is 8.24. The number of benzene rings is 1.